The molecule has 7 nitrogen and oxygen atoms in total. The molecular weight excluding hydrogens is 330 g/mol. The van der Waals surface area contributed by atoms with E-state index in [4.69, 9.17) is 4.74 Å². The summed E-state index contributed by atoms with van der Waals surface area (Å²) in [6, 6.07) is 13.4. The highest BCUT2D eigenvalue weighted by Crippen LogP contribution is 2.21. The molecule has 0 unspecified atom stereocenters. The summed E-state index contributed by atoms with van der Waals surface area (Å²) < 4.78 is 7.19. The molecule has 0 atom stereocenters. The van der Waals surface area contributed by atoms with Gasteiger partial charge in [0, 0.05) is 12.1 Å². The number of amides is 1. The molecule has 0 bridgehead atoms. The van der Waals surface area contributed by atoms with Crippen molar-refractivity contribution in [3.63, 3.8) is 0 Å². The van der Waals surface area contributed by atoms with Crippen LogP contribution >= 0.6 is 0 Å². The molecule has 7 heteroatoms. The summed E-state index contributed by atoms with van der Waals surface area (Å²) in [6.45, 7) is 4.51. The predicted octanol–water partition coefficient (Wildman–Crippen LogP) is 2.94. The molecule has 0 spiro atoms. The van der Waals surface area contributed by atoms with Gasteiger partial charge in [-0.2, -0.15) is 0 Å². The first kappa shape index (κ1) is 17.6. The first-order valence-electron chi connectivity index (χ1n) is 8.52. The molecule has 1 N–H and O–H groups in total. The van der Waals surface area contributed by atoms with Crippen LogP contribution in [0.15, 0.2) is 48.8 Å². The Bertz CT molecular complexity index is 877. The van der Waals surface area contributed by atoms with E-state index in [1.54, 1.807) is 4.68 Å². The molecule has 0 aliphatic heterocycles. The topological polar surface area (TPSA) is 81.9 Å². The molecule has 1 amide bonds. The summed E-state index contributed by atoms with van der Waals surface area (Å²) in [6.07, 6.45) is 2.55. The summed E-state index contributed by atoms with van der Waals surface area (Å²) >= 11 is 0. The summed E-state index contributed by atoms with van der Waals surface area (Å²) in [5.41, 5.74) is 3.63. The molecular formula is C19H21N5O2. The van der Waals surface area contributed by atoms with Gasteiger partial charge in [-0.15, -0.1) is 5.10 Å². The van der Waals surface area contributed by atoms with Gasteiger partial charge in [0.2, 0.25) is 5.91 Å². The number of benzene rings is 2. The van der Waals surface area contributed by atoms with E-state index in [2.05, 4.69) is 20.8 Å². The Labute approximate surface area is 152 Å². The summed E-state index contributed by atoms with van der Waals surface area (Å²) in [4.78, 5) is 12.3. The maximum absolute atomic E-state index is 12.3. The van der Waals surface area contributed by atoms with Crippen LogP contribution in [0.4, 0.5) is 5.69 Å². The van der Waals surface area contributed by atoms with Gasteiger partial charge in [-0.3, -0.25) is 4.79 Å². The number of carbonyl (C=O) groups is 1. The number of rotatable bonds is 7. The van der Waals surface area contributed by atoms with Crippen molar-refractivity contribution in [2.24, 2.45) is 0 Å². The molecule has 134 valence electrons. The highest BCUT2D eigenvalue weighted by Gasteiger charge is 2.09. The first-order chi connectivity index (χ1) is 12.7. The smallest absolute Gasteiger partial charge is 0.224 e. The Morgan fingerprint density at radius 1 is 1.23 bits per heavy atom. The molecule has 26 heavy (non-hydrogen) atoms. The van der Waals surface area contributed by atoms with E-state index < -0.39 is 0 Å². The fourth-order valence-electron chi connectivity index (χ4n) is 2.74. The maximum atomic E-state index is 12.3. The molecule has 2 aromatic carbocycles. The fourth-order valence-corrected chi connectivity index (χ4v) is 2.74. The van der Waals surface area contributed by atoms with Crippen molar-refractivity contribution in [1.29, 1.82) is 0 Å². The Morgan fingerprint density at radius 3 is 2.81 bits per heavy atom. The zero-order chi connectivity index (χ0) is 18.4. The lowest BCUT2D eigenvalue weighted by Gasteiger charge is -2.11. The molecule has 0 aliphatic rings. The standard InChI is InChI=1S/C19H21N5O2/c1-3-26-18-7-5-4-6-15(18)8-11-19(25)21-16-9-10-17(14(2)12-16)24-13-20-22-23-24/h4-7,9-10,12-13H,3,8,11H2,1-2H3,(H,21,25). The third-order valence-electron chi connectivity index (χ3n) is 3.97. The zero-order valence-electron chi connectivity index (χ0n) is 14.8. The third-order valence-corrected chi connectivity index (χ3v) is 3.97. The number of nitrogens with one attached hydrogen (secondary N) is 1. The number of tetrazole rings is 1. The number of aryl methyl sites for hydroxylation is 2. The van der Waals surface area contributed by atoms with Crippen molar-refractivity contribution in [1.82, 2.24) is 20.2 Å². The number of carbonyl (C=O) groups excluding carboxylic acids is 1. The van der Waals surface area contributed by atoms with E-state index in [-0.39, 0.29) is 5.91 Å². The molecule has 0 saturated heterocycles. The zero-order valence-corrected chi connectivity index (χ0v) is 14.8. The molecule has 0 fully saturated rings. The minimum Gasteiger partial charge on any atom is -0.494 e. The van der Waals surface area contributed by atoms with Gasteiger partial charge in [-0.05, 0) is 66.1 Å². The van der Waals surface area contributed by atoms with Gasteiger partial charge in [0.1, 0.15) is 12.1 Å². The largest absolute Gasteiger partial charge is 0.494 e. The quantitative estimate of drug-likeness (QED) is 0.708. The Kier molecular flexibility index (Phi) is 5.58. The van der Waals surface area contributed by atoms with E-state index in [9.17, 15) is 4.79 Å². The van der Waals surface area contributed by atoms with Crippen LogP contribution < -0.4 is 10.1 Å². The predicted molar refractivity (Wildman–Crippen MR) is 98.5 cm³/mol. The number of para-hydroxylation sites is 1. The maximum Gasteiger partial charge on any atom is 0.224 e. The van der Waals surface area contributed by atoms with Gasteiger partial charge < -0.3 is 10.1 Å². The van der Waals surface area contributed by atoms with E-state index in [1.165, 1.54) is 6.33 Å². The molecule has 3 rings (SSSR count). The Morgan fingerprint density at radius 2 is 2.08 bits per heavy atom. The molecule has 1 aromatic heterocycles. The van der Waals surface area contributed by atoms with Gasteiger partial charge >= 0.3 is 0 Å². The van der Waals surface area contributed by atoms with Crippen LogP contribution in [0, 0.1) is 6.92 Å². The lowest BCUT2D eigenvalue weighted by Crippen LogP contribution is -2.13. The Balaban J connectivity index is 1.61. The Hall–Kier alpha value is -3.22. The van der Waals surface area contributed by atoms with Crippen molar-refractivity contribution < 1.29 is 9.53 Å². The van der Waals surface area contributed by atoms with Crippen LogP contribution in [0.5, 0.6) is 5.75 Å². The van der Waals surface area contributed by atoms with E-state index in [1.807, 2.05) is 56.3 Å². The minimum atomic E-state index is -0.0362. The number of hydrogen-bond acceptors (Lipinski definition) is 5. The van der Waals surface area contributed by atoms with E-state index in [0.717, 1.165) is 28.3 Å². The lowest BCUT2D eigenvalue weighted by molar-refractivity contribution is -0.116. The lowest BCUT2D eigenvalue weighted by atomic mass is 10.1. The van der Waals surface area contributed by atoms with E-state index in [0.29, 0.717) is 19.4 Å². The number of aromatic nitrogens is 4. The average molecular weight is 351 g/mol. The summed E-state index contributed by atoms with van der Waals surface area (Å²) in [5, 5.41) is 14.1. The fraction of sp³-hybridized carbons (Fsp3) is 0.263. The van der Waals surface area contributed by atoms with Gasteiger partial charge in [0.25, 0.3) is 0 Å². The van der Waals surface area contributed by atoms with Crippen LogP contribution in [-0.2, 0) is 11.2 Å². The normalized spacial score (nSPS) is 10.5. The summed E-state index contributed by atoms with van der Waals surface area (Å²) in [7, 11) is 0. The first-order valence-corrected chi connectivity index (χ1v) is 8.52. The van der Waals surface area contributed by atoms with Gasteiger partial charge in [0.05, 0.1) is 12.3 Å². The molecule has 3 aromatic rings. The van der Waals surface area contributed by atoms with Crippen LogP contribution in [-0.4, -0.2) is 32.7 Å². The molecule has 0 radical (unpaired) electrons. The highest BCUT2D eigenvalue weighted by atomic mass is 16.5. The SMILES string of the molecule is CCOc1ccccc1CCC(=O)Nc1ccc(-n2cnnn2)c(C)c1. The molecule has 1 heterocycles. The van der Waals surface area contributed by atoms with Gasteiger partial charge in [0.15, 0.2) is 0 Å². The number of ether oxygens (including phenoxy) is 1. The average Bonchev–Trinajstić information content (AvgIpc) is 3.16. The second-order valence-electron chi connectivity index (χ2n) is 5.84. The molecule has 0 aliphatic carbocycles. The summed E-state index contributed by atoms with van der Waals surface area (Å²) in [5.74, 6) is 0.801. The van der Waals surface area contributed by atoms with Crippen molar-refractivity contribution in [3.05, 3.63) is 59.9 Å². The van der Waals surface area contributed by atoms with Crippen molar-refractivity contribution >= 4 is 11.6 Å². The number of anilines is 1. The molecule has 0 saturated carbocycles. The second kappa shape index (κ2) is 8.24. The van der Waals surface area contributed by atoms with Crippen molar-refractivity contribution in [2.75, 3.05) is 11.9 Å². The highest BCUT2D eigenvalue weighted by molar-refractivity contribution is 5.91. The monoisotopic (exact) mass is 351 g/mol. The number of nitrogens with zero attached hydrogens (tertiary/aromatic N) is 4. The van der Waals surface area contributed by atoms with Crippen molar-refractivity contribution in [2.45, 2.75) is 26.7 Å². The van der Waals surface area contributed by atoms with Gasteiger partial charge in [-0.25, -0.2) is 4.68 Å². The number of hydrogen-bond donors (Lipinski definition) is 1. The van der Waals surface area contributed by atoms with Gasteiger partial charge in [-0.1, -0.05) is 18.2 Å². The van der Waals surface area contributed by atoms with Crippen LogP contribution in [0.25, 0.3) is 5.69 Å². The van der Waals surface area contributed by atoms with Crippen LogP contribution in [0.1, 0.15) is 24.5 Å². The van der Waals surface area contributed by atoms with Crippen LogP contribution in [0.3, 0.4) is 0 Å². The van der Waals surface area contributed by atoms with Crippen molar-refractivity contribution in [3.8, 4) is 11.4 Å². The van der Waals surface area contributed by atoms with E-state index >= 15 is 0 Å². The second-order valence-corrected chi connectivity index (χ2v) is 5.84. The third kappa shape index (κ3) is 4.24. The minimum absolute atomic E-state index is 0.0362. The van der Waals surface area contributed by atoms with Crippen LogP contribution in [0.2, 0.25) is 0 Å².